The molecule has 0 spiro atoms. The van der Waals surface area contributed by atoms with Gasteiger partial charge in [-0.1, -0.05) is 26.8 Å². The van der Waals surface area contributed by atoms with Crippen molar-refractivity contribution < 1.29 is 9.47 Å². The molecule has 1 atom stereocenters. The van der Waals surface area contributed by atoms with Gasteiger partial charge in [-0.2, -0.15) is 0 Å². The number of hydrogen-bond donors (Lipinski definition) is 1. The Bertz CT molecular complexity index is 391. The summed E-state index contributed by atoms with van der Waals surface area (Å²) >= 11 is 0. The second-order valence-electron chi connectivity index (χ2n) is 5.58. The van der Waals surface area contributed by atoms with Gasteiger partial charge in [0.15, 0.2) is 11.5 Å². The molecule has 0 heterocycles. The molecule has 0 fully saturated rings. The lowest BCUT2D eigenvalue weighted by Gasteiger charge is -2.17. The first-order valence-electron chi connectivity index (χ1n) is 7.69. The van der Waals surface area contributed by atoms with E-state index in [9.17, 15) is 0 Å². The second kappa shape index (κ2) is 8.85. The van der Waals surface area contributed by atoms with E-state index in [1.54, 1.807) is 0 Å². The van der Waals surface area contributed by atoms with Crippen LogP contribution in [-0.4, -0.2) is 19.3 Å². The van der Waals surface area contributed by atoms with Crippen LogP contribution in [-0.2, 0) is 6.54 Å². The molecule has 0 aliphatic carbocycles. The fourth-order valence-corrected chi connectivity index (χ4v) is 1.83. The quantitative estimate of drug-likeness (QED) is 0.741. The third-order valence-corrected chi connectivity index (χ3v) is 3.09. The molecule has 1 aromatic rings. The molecule has 0 saturated heterocycles. The molecule has 0 saturated carbocycles. The lowest BCUT2D eigenvalue weighted by Crippen LogP contribution is -2.19. The Labute approximate surface area is 123 Å². The Kier molecular flexibility index (Phi) is 7.45. The third-order valence-electron chi connectivity index (χ3n) is 3.09. The Morgan fingerprint density at radius 2 is 1.85 bits per heavy atom. The smallest absolute Gasteiger partial charge is 0.161 e. The summed E-state index contributed by atoms with van der Waals surface area (Å²) in [5, 5.41) is 3.45. The zero-order valence-electron chi connectivity index (χ0n) is 13.5. The van der Waals surface area contributed by atoms with Crippen molar-refractivity contribution >= 4 is 0 Å². The van der Waals surface area contributed by atoms with Gasteiger partial charge in [0.1, 0.15) is 0 Å². The van der Waals surface area contributed by atoms with Crippen LogP contribution >= 0.6 is 0 Å². The van der Waals surface area contributed by atoms with Gasteiger partial charge in [-0.3, -0.25) is 0 Å². The molecule has 0 aliphatic heterocycles. The molecule has 3 heteroatoms. The van der Waals surface area contributed by atoms with Crippen LogP contribution in [0.5, 0.6) is 11.5 Å². The molecular formula is C17H29NO2. The maximum Gasteiger partial charge on any atom is 0.161 e. The number of ether oxygens (including phenoxy) is 2. The average Bonchev–Trinajstić information content (AvgIpc) is 2.41. The van der Waals surface area contributed by atoms with Crippen LogP contribution in [0.1, 0.15) is 46.6 Å². The fraction of sp³-hybridized carbons (Fsp3) is 0.647. The summed E-state index contributed by atoms with van der Waals surface area (Å²) in [5.41, 5.74) is 1.23. The van der Waals surface area contributed by atoms with E-state index in [0.717, 1.165) is 31.0 Å². The van der Waals surface area contributed by atoms with E-state index >= 15 is 0 Å². The zero-order valence-corrected chi connectivity index (χ0v) is 13.5. The summed E-state index contributed by atoms with van der Waals surface area (Å²) in [7, 11) is 0. The van der Waals surface area contributed by atoms with E-state index in [2.05, 4.69) is 45.1 Å². The lowest BCUT2D eigenvalue weighted by atomic mass is 10.1. The first-order valence-corrected chi connectivity index (χ1v) is 7.69. The molecule has 3 nitrogen and oxygen atoms in total. The van der Waals surface area contributed by atoms with E-state index < -0.39 is 0 Å². The highest BCUT2D eigenvalue weighted by Gasteiger charge is 2.09. The van der Waals surface area contributed by atoms with Gasteiger partial charge >= 0.3 is 0 Å². The Morgan fingerprint density at radius 3 is 2.45 bits per heavy atom. The average molecular weight is 279 g/mol. The molecule has 0 amide bonds. The monoisotopic (exact) mass is 279 g/mol. The van der Waals surface area contributed by atoms with Gasteiger partial charge in [0.2, 0.25) is 0 Å². The highest BCUT2D eigenvalue weighted by molar-refractivity contribution is 5.43. The van der Waals surface area contributed by atoms with Crippen LogP contribution in [0.25, 0.3) is 0 Å². The minimum Gasteiger partial charge on any atom is -0.490 e. The second-order valence-corrected chi connectivity index (χ2v) is 5.58. The van der Waals surface area contributed by atoms with E-state index in [1.165, 1.54) is 5.56 Å². The summed E-state index contributed by atoms with van der Waals surface area (Å²) in [6.45, 7) is 13.2. The zero-order chi connectivity index (χ0) is 15.0. The first kappa shape index (κ1) is 16.8. The molecule has 1 aromatic carbocycles. The molecule has 0 radical (unpaired) electrons. The van der Waals surface area contributed by atoms with Crippen molar-refractivity contribution in [1.29, 1.82) is 0 Å². The standard InChI is InChI=1S/C17H29NO2/c1-6-14(5)20-16-9-8-15(10-17(16)19-7-2)12-18-11-13(3)4/h8-10,13-14,18H,6-7,11-12H2,1-5H3/t14-/m0/s1. The van der Waals surface area contributed by atoms with Gasteiger partial charge in [-0.05, 0) is 50.4 Å². The maximum absolute atomic E-state index is 5.90. The lowest BCUT2D eigenvalue weighted by molar-refractivity contribution is 0.203. The number of rotatable bonds is 9. The number of nitrogens with one attached hydrogen (secondary N) is 1. The van der Waals surface area contributed by atoms with E-state index in [1.807, 2.05) is 13.0 Å². The molecule has 0 aliphatic rings. The van der Waals surface area contributed by atoms with Gasteiger partial charge < -0.3 is 14.8 Å². The highest BCUT2D eigenvalue weighted by atomic mass is 16.5. The molecule has 114 valence electrons. The van der Waals surface area contributed by atoms with Gasteiger partial charge in [-0.25, -0.2) is 0 Å². The SMILES string of the molecule is CCOc1cc(CNCC(C)C)ccc1O[C@@H](C)CC. The minimum atomic E-state index is 0.208. The molecule has 1 rings (SSSR count). The molecular weight excluding hydrogens is 250 g/mol. The summed E-state index contributed by atoms with van der Waals surface area (Å²) in [5.74, 6) is 2.35. The third kappa shape index (κ3) is 5.83. The van der Waals surface area contributed by atoms with Crippen molar-refractivity contribution in [1.82, 2.24) is 5.32 Å². The maximum atomic E-state index is 5.90. The molecule has 0 bridgehead atoms. The number of benzene rings is 1. The summed E-state index contributed by atoms with van der Waals surface area (Å²) < 4.78 is 11.6. The largest absolute Gasteiger partial charge is 0.490 e. The molecule has 0 unspecified atom stereocenters. The summed E-state index contributed by atoms with van der Waals surface area (Å²) in [4.78, 5) is 0. The molecule has 0 aromatic heterocycles. The highest BCUT2D eigenvalue weighted by Crippen LogP contribution is 2.29. The first-order chi connectivity index (χ1) is 9.56. The summed E-state index contributed by atoms with van der Waals surface area (Å²) in [6, 6.07) is 6.20. The van der Waals surface area contributed by atoms with Crippen molar-refractivity contribution in [3.63, 3.8) is 0 Å². The van der Waals surface area contributed by atoms with E-state index in [4.69, 9.17) is 9.47 Å². The molecule has 20 heavy (non-hydrogen) atoms. The Balaban J connectivity index is 2.72. The van der Waals surface area contributed by atoms with Gasteiger partial charge in [0.25, 0.3) is 0 Å². The summed E-state index contributed by atoms with van der Waals surface area (Å²) in [6.07, 6.45) is 1.20. The van der Waals surface area contributed by atoms with E-state index in [0.29, 0.717) is 12.5 Å². The Hall–Kier alpha value is -1.22. The van der Waals surface area contributed by atoms with E-state index in [-0.39, 0.29) is 6.10 Å². The van der Waals surface area contributed by atoms with Crippen LogP contribution in [0.4, 0.5) is 0 Å². The predicted octanol–water partition coefficient (Wildman–Crippen LogP) is 4.01. The topological polar surface area (TPSA) is 30.5 Å². The van der Waals surface area contributed by atoms with Gasteiger partial charge in [-0.15, -0.1) is 0 Å². The predicted molar refractivity (Wildman–Crippen MR) is 84.5 cm³/mol. The Morgan fingerprint density at radius 1 is 1.10 bits per heavy atom. The van der Waals surface area contributed by atoms with Gasteiger partial charge in [0, 0.05) is 6.54 Å². The number of hydrogen-bond acceptors (Lipinski definition) is 3. The fourth-order valence-electron chi connectivity index (χ4n) is 1.83. The van der Waals surface area contributed by atoms with Crippen LogP contribution in [0.2, 0.25) is 0 Å². The van der Waals surface area contributed by atoms with Crippen molar-refractivity contribution in [2.24, 2.45) is 5.92 Å². The van der Waals surface area contributed by atoms with Crippen molar-refractivity contribution in [2.45, 2.75) is 53.7 Å². The van der Waals surface area contributed by atoms with Crippen LogP contribution in [0.15, 0.2) is 18.2 Å². The van der Waals surface area contributed by atoms with Gasteiger partial charge in [0.05, 0.1) is 12.7 Å². The molecule has 1 N–H and O–H groups in total. The van der Waals surface area contributed by atoms with Crippen molar-refractivity contribution in [3.8, 4) is 11.5 Å². The van der Waals surface area contributed by atoms with Crippen LogP contribution in [0.3, 0.4) is 0 Å². The van der Waals surface area contributed by atoms with Crippen molar-refractivity contribution in [2.75, 3.05) is 13.2 Å². The minimum absolute atomic E-state index is 0.208. The normalized spacial score (nSPS) is 12.5. The van der Waals surface area contributed by atoms with Crippen LogP contribution < -0.4 is 14.8 Å². The van der Waals surface area contributed by atoms with Crippen LogP contribution in [0, 0.1) is 5.92 Å². The van der Waals surface area contributed by atoms with Crippen molar-refractivity contribution in [3.05, 3.63) is 23.8 Å².